The number of H-pyrrole nitrogens is 2. The van der Waals surface area contributed by atoms with Crippen LogP contribution in [0.15, 0.2) is 74.0 Å². The number of aromatic amines is 2. The van der Waals surface area contributed by atoms with E-state index in [9.17, 15) is 67.2 Å². The molecule has 0 saturated carbocycles. The Morgan fingerprint density at radius 1 is 0.589 bits per heavy atom. The number of hydrogen-bond donors (Lipinski definition) is 8. The van der Waals surface area contributed by atoms with Crippen LogP contribution in [0.3, 0.4) is 0 Å². The summed E-state index contributed by atoms with van der Waals surface area (Å²) in [5.74, 6) is 0. The van der Waals surface area contributed by atoms with Gasteiger partial charge in [0.25, 0.3) is 11.1 Å². The van der Waals surface area contributed by atoms with E-state index in [0.29, 0.717) is 10.1 Å². The second-order valence-electron chi connectivity index (χ2n) is 11.8. The highest BCUT2D eigenvalue weighted by Gasteiger charge is 2.55. The molecule has 0 radical (unpaired) electrons. The van der Waals surface area contributed by atoms with Crippen molar-refractivity contribution in [2.75, 3.05) is 13.2 Å². The normalized spacial score (nSPS) is 31.9. The van der Waals surface area contributed by atoms with Gasteiger partial charge in [0.1, 0.15) is 36.6 Å². The van der Waals surface area contributed by atoms with E-state index in [1.165, 1.54) is 0 Å². The van der Waals surface area contributed by atoms with E-state index >= 15 is 0 Å². The molecule has 3 aromatic rings. The maximum atomic E-state index is 12.7. The number of ether oxygens (including phenoxy) is 4. The van der Waals surface area contributed by atoms with Crippen LogP contribution in [0.5, 0.6) is 0 Å². The van der Waals surface area contributed by atoms with Crippen molar-refractivity contribution in [3.63, 3.8) is 0 Å². The van der Waals surface area contributed by atoms with Crippen LogP contribution >= 0.6 is 31.3 Å². The monoisotopic (exact) mass is 878 g/mol. The van der Waals surface area contributed by atoms with Gasteiger partial charge >= 0.3 is 42.7 Å². The maximum absolute atomic E-state index is 12.7. The van der Waals surface area contributed by atoms with Crippen molar-refractivity contribution >= 4 is 31.3 Å². The Bertz CT molecular complexity index is 2350. The predicted molar refractivity (Wildman–Crippen MR) is 176 cm³/mol. The zero-order valence-electron chi connectivity index (χ0n) is 27.6. The Morgan fingerprint density at radius 2 is 1.05 bits per heavy atom. The zero-order valence-corrected chi connectivity index (χ0v) is 31.2. The van der Waals surface area contributed by atoms with Gasteiger partial charge in [0, 0.05) is 30.1 Å². The van der Waals surface area contributed by atoms with Crippen LogP contribution in [0.25, 0.3) is 0 Å². The molecule has 1 aromatic carbocycles. The third kappa shape index (κ3) is 9.94. The summed E-state index contributed by atoms with van der Waals surface area (Å²) in [7, 11) is -24.1. The van der Waals surface area contributed by atoms with E-state index in [-0.39, 0.29) is 0 Å². The fraction of sp³-hybridized carbons (Fsp3) is 0.440. The topological polar surface area (TPSA) is 382 Å². The summed E-state index contributed by atoms with van der Waals surface area (Å²) in [4.78, 5) is 91.4. The fourth-order valence-corrected chi connectivity index (χ4v) is 10.6. The van der Waals surface area contributed by atoms with Gasteiger partial charge in [-0.05, 0) is 0 Å². The van der Waals surface area contributed by atoms with Crippen molar-refractivity contribution in [3.8, 4) is 0 Å². The van der Waals surface area contributed by atoms with Gasteiger partial charge in [0.15, 0.2) is 18.7 Å². The molecule has 3 saturated heterocycles. The van der Waals surface area contributed by atoms with Gasteiger partial charge in [-0.1, -0.05) is 30.3 Å². The Labute approximate surface area is 309 Å². The Balaban J connectivity index is 1.05. The number of aliphatic hydroxyl groups is 2. The number of aromatic nitrogens is 4. The molecule has 6 rings (SSSR count). The third-order valence-electron chi connectivity index (χ3n) is 7.93. The van der Waals surface area contributed by atoms with Crippen molar-refractivity contribution in [2.24, 2.45) is 0 Å². The molecule has 3 aliphatic rings. The Morgan fingerprint density at radius 3 is 1.59 bits per heavy atom. The number of nitrogens with one attached hydrogen (secondary N) is 2. The number of benzene rings is 1. The molecular weight excluding hydrogens is 848 g/mol. The second-order valence-corrected chi connectivity index (χ2v) is 18.0. The first-order valence-electron chi connectivity index (χ1n) is 15.5. The smallest absolute Gasteiger partial charge is 0.387 e. The highest BCUT2D eigenvalue weighted by atomic mass is 31.3. The first-order valence-corrected chi connectivity index (χ1v) is 21.5. The van der Waals surface area contributed by atoms with Crippen LogP contribution in [0.1, 0.15) is 24.3 Å². The first kappa shape index (κ1) is 42.5. The van der Waals surface area contributed by atoms with E-state index in [4.69, 9.17) is 23.5 Å². The van der Waals surface area contributed by atoms with Gasteiger partial charge in [0.2, 0.25) is 0 Å². The van der Waals surface area contributed by atoms with Gasteiger partial charge in [0.05, 0.1) is 13.2 Å². The predicted octanol–water partition coefficient (Wildman–Crippen LogP) is -1.43. The van der Waals surface area contributed by atoms with Gasteiger partial charge in [-0.25, -0.2) is 27.8 Å². The van der Waals surface area contributed by atoms with Gasteiger partial charge in [-0.2, -0.15) is 12.9 Å². The van der Waals surface area contributed by atoms with E-state index in [1.807, 2.05) is 9.97 Å². The Hall–Kier alpha value is -3.10. The highest BCUT2D eigenvalue weighted by molar-refractivity contribution is 7.69. The third-order valence-corrected chi connectivity index (χ3v) is 13.8. The molecule has 27 nitrogen and oxygen atoms in total. The first-order chi connectivity index (χ1) is 26.1. The molecule has 56 heavy (non-hydrogen) atoms. The maximum Gasteiger partial charge on any atom is 0.490 e. The van der Waals surface area contributed by atoms with Crippen molar-refractivity contribution in [1.82, 2.24) is 19.1 Å². The molecule has 31 heteroatoms. The summed E-state index contributed by atoms with van der Waals surface area (Å²) in [5, 5.41) is 20.5. The van der Waals surface area contributed by atoms with Crippen LogP contribution in [0, 0.1) is 0 Å². The molecule has 0 spiro atoms. The lowest BCUT2D eigenvalue weighted by atomic mass is 10.1. The number of nitrogens with zero attached hydrogens (tertiary/aromatic N) is 2. The molecule has 308 valence electrons. The molecule has 0 bridgehead atoms. The molecule has 8 N–H and O–H groups in total. The molecule has 3 aliphatic heterocycles. The van der Waals surface area contributed by atoms with Crippen LogP contribution in [-0.4, -0.2) is 98.7 Å². The minimum absolute atomic E-state index is 0.523. The molecule has 0 amide bonds. The van der Waals surface area contributed by atoms with E-state index in [1.54, 1.807) is 30.3 Å². The van der Waals surface area contributed by atoms with Crippen LogP contribution in [-0.2, 0) is 59.2 Å². The van der Waals surface area contributed by atoms with Crippen molar-refractivity contribution < 1.29 is 89.0 Å². The van der Waals surface area contributed by atoms with E-state index < -0.39 is 122 Å². The lowest BCUT2D eigenvalue weighted by molar-refractivity contribution is -0.154. The fourth-order valence-electron chi connectivity index (χ4n) is 5.62. The highest BCUT2D eigenvalue weighted by Crippen LogP contribution is 2.71. The van der Waals surface area contributed by atoms with Gasteiger partial charge in [-0.3, -0.25) is 37.7 Å². The number of fused-ring (bicyclic) bond motifs is 1. The lowest BCUT2D eigenvalue weighted by Crippen LogP contribution is -2.37. The molecule has 0 aliphatic carbocycles. The van der Waals surface area contributed by atoms with Crippen LogP contribution in [0.4, 0.5) is 0 Å². The number of phosphoric acid groups is 4. The van der Waals surface area contributed by atoms with Crippen molar-refractivity contribution in [1.29, 1.82) is 0 Å². The summed E-state index contributed by atoms with van der Waals surface area (Å²) in [6.07, 6.45) is -11.2. The lowest BCUT2D eigenvalue weighted by Gasteiger charge is -2.23. The number of phosphoric ester groups is 2. The van der Waals surface area contributed by atoms with Gasteiger partial charge < -0.3 is 48.7 Å². The van der Waals surface area contributed by atoms with Crippen molar-refractivity contribution in [3.05, 3.63) is 102 Å². The summed E-state index contributed by atoms with van der Waals surface area (Å²) < 4.78 is 95.4. The molecule has 2 aromatic heterocycles. The molecular formula is C25H30N4O23P4. The molecule has 5 unspecified atom stereocenters. The van der Waals surface area contributed by atoms with E-state index in [2.05, 4.69) is 17.5 Å². The molecule has 5 heterocycles. The SMILES string of the molecule is O=c1ccn([C@@H]2O[C@H](COP(=O)(O)OP(=O)(O)OP(=O)(O)OP(=O)(O)OC[C@@H]3O[C@H](n4ccc(=O)[nH]c4=O)[C@@H](O)[C@H]3O)[C@@H]3OC(c4ccccc4)O[C@H]32)c(=O)[nH]1. The summed E-state index contributed by atoms with van der Waals surface area (Å²) in [6.45, 7) is -2.19. The summed E-state index contributed by atoms with van der Waals surface area (Å²) >= 11 is 0. The minimum Gasteiger partial charge on any atom is -0.387 e. The van der Waals surface area contributed by atoms with Gasteiger partial charge in [-0.15, -0.1) is 0 Å². The van der Waals surface area contributed by atoms with Crippen molar-refractivity contribution in [2.45, 2.75) is 55.4 Å². The summed E-state index contributed by atoms with van der Waals surface area (Å²) in [5.41, 5.74) is -3.00. The molecule has 3 fully saturated rings. The number of aliphatic hydroxyl groups excluding tert-OH is 2. The number of hydrogen-bond acceptors (Lipinski definition) is 19. The minimum atomic E-state index is -6.24. The van der Waals surface area contributed by atoms with Crippen LogP contribution < -0.4 is 22.5 Å². The largest absolute Gasteiger partial charge is 0.490 e. The average Bonchev–Trinajstić information content (AvgIpc) is 3.74. The standard InChI is InChI=1S/C25H30N4O23P4/c30-15-6-8-28(24(34)26-15)21-18(33)17(32)13(46-21)10-44-53(36,37)50-55(40,41)52-56(42,43)51-54(38,39)45-11-14-19-20(49-23(48-19)12-4-2-1-3-5-12)22(47-14)29-9-7-16(31)27-25(29)35/h1-9,13-14,17-23,32-33H,10-11H2,(H,36,37)(H,38,39)(H,40,41)(H,42,43)(H,26,30,34)(H,27,31,35)/t13-,14+,17-,18-,19-,20+,21-,22+,23?/m0/s1. The Kier molecular flexibility index (Phi) is 12.4. The molecule has 13 atom stereocenters. The van der Waals surface area contributed by atoms with E-state index in [0.717, 1.165) is 29.1 Å². The number of rotatable bonds is 15. The van der Waals surface area contributed by atoms with Crippen LogP contribution in [0.2, 0.25) is 0 Å². The summed E-state index contributed by atoms with van der Waals surface area (Å²) in [6, 6.07) is 10.3. The second kappa shape index (κ2) is 16.3. The quantitative estimate of drug-likeness (QED) is 0.0811. The average molecular weight is 878 g/mol. The zero-order chi connectivity index (χ0) is 40.8.